The minimum atomic E-state index is -0.696. The number of carboxylic acid groups (broad SMARTS) is 1. The van der Waals surface area contributed by atoms with Crippen LogP contribution < -0.4 is 0 Å². The van der Waals surface area contributed by atoms with Gasteiger partial charge in [-0.25, -0.2) is 0 Å². The van der Waals surface area contributed by atoms with E-state index in [2.05, 4.69) is 0 Å². The van der Waals surface area contributed by atoms with Crippen LogP contribution in [-0.2, 0) is 4.79 Å². The first kappa shape index (κ1) is 13.0. The first-order valence-electron chi connectivity index (χ1n) is 5.28. The molecule has 0 saturated heterocycles. The van der Waals surface area contributed by atoms with Crippen molar-refractivity contribution in [2.75, 3.05) is 0 Å². The Balaban J connectivity index is 2.95. The number of hydrogen-bond donors (Lipinski definition) is 2. The predicted octanol–water partition coefficient (Wildman–Crippen LogP) is 3.26. The average Bonchev–Trinajstić information content (AvgIpc) is 2.15. The van der Waals surface area contributed by atoms with E-state index in [1.54, 1.807) is 6.08 Å². The molecule has 3 nitrogen and oxygen atoms in total. The van der Waals surface area contributed by atoms with Gasteiger partial charge >= 0.3 is 5.97 Å². The number of aliphatic hydroxyl groups is 1. The molecule has 0 aromatic heterocycles. The standard InChI is InChI=1S/C11H20O3/c12-10-8-6-4-2-1-3-5-7-9-11(13)14/h8,10,12H,1-7,9H2,(H,13,14). The third-order valence-corrected chi connectivity index (χ3v) is 2.12. The van der Waals surface area contributed by atoms with Gasteiger partial charge in [-0.15, -0.1) is 0 Å². The van der Waals surface area contributed by atoms with E-state index in [0.717, 1.165) is 44.8 Å². The summed E-state index contributed by atoms with van der Waals surface area (Å²) in [6.45, 7) is 0. The summed E-state index contributed by atoms with van der Waals surface area (Å²) in [5.41, 5.74) is 0. The molecule has 0 aliphatic rings. The lowest BCUT2D eigenvalue weighted by molar-refractivity contribution is -0.137. The van der Waals surface area contributed by atoms with Crippen molar-refractivity contribution in [2.45, 2.75) is 51.4 Å². The molecular formula is C11H20O3. The van der Waals surface area contributed by atoms with Crippen molar-refractivity contribution >= 4 is 5.97 Å². The maximum absolute atomic E-state index is 10.2. The van der Waals surface area contributed by atoms with Gasteiger partial charge in [-0.2, -0.15) is 0 Å². The highest BCUT2D eigenvalue weighted by Crippen LogP contribution is 2.08. The molecule has 82 valence electrons. The molecule has 0 bridgehead atoms. The van der Waals surface area contributed by atoms with Crippen LogP contribution in [0.3, 0.4) is 0 Å². The second-order valence-electron chi connectivity index (χ2n) is 3.44. The van der Waals surface area contributed by atoms with Crippen molar-refractivity contribution in [2.24, 2.45) is 0 Å². The van der Waals surface area contributed by atoms with Gasteiger partial charge in [0, 0.05) is 6.42 Å². The zero-order valence-electron chi connectivity index (χ0n) is 8.61. The van der Waals surface area contributed by atoms with Crippen LogP contribution in [0.2, 0.25) is 0 Å². The number of hydrogen-bond acceptors (Lipinski definition) is 2. The summed E-state index contributed by atoms with van der Waals surface area (Å²) >= 11 is 0. The summed E-state index contributed by atoms with van der Waals surface area (Å²) in [6, 6.07) is 0. The number of carbonyl (C=O) groups is 1. The zero-order chi connectivity index (χ0) is 10.6. The van der Waals surface area contributed by atoms with Crippen LogP contribution in [0.25, 0.3) is 0 Å². The fourth-order valence-corrected chi connectivity index (χ4v) is 1.32. The van der Waals surface area contributed by atoms with Gasteiger partial charge in [-0.3, -0.25) is 4.79 Å². The molecule has 0 aromatic rings. The van der Waals surface area contributed by atoms with Crippen molar-refractivity contribution in [1.29, 1.82) is 0 Å². The molecule has 0 spiro atoms. The molecule has 0 heterocycles. The first-order valence-corrected chi connectivity index (χ1v) is 5.28. The molecule has 0 aliphatic heterocycles. The molecule has 0 aliphatic carbocycles. The molecule has 0 rings (SSSR count). The zero-order valence-corrected chi connectivity index (χ0v) is 8.61. The van der Waals surface area contributed by atoms with Gasteiger partial charge in [0.2, 0.25) is 0 Å². The molecule has 0 fully saturated rings. The van der Waals surface area contributed by atoms with Crippen LogP contribution in [0.1, 0.15) is 51.4 Å². The van der Waals surface area contributed by atoms with Crippen molar-refractivity contribution < 1.29 is 15.0 Å². The number of rotatable bonds is 9. The topological polar surface area (TPSA) is 57.5 Å². The van der Waals surface area contributed by atoms with Gasteiger partial charge in [-0.05, 0) is 19.3 Å². The fraction of sp³-hybridized carbons (Fsp3) is 0.727. The van der Waals surface area contributed by atoms with Crippen LogP contribution in [0, 0.1) is 0 Å². The summed E-state index contributed by atoms with van der Waals surface area (Å²) in [6.07, 6.45) is 10.5. The minimum absolute atomic E-state index is 0.299. The minimum Gasteiger partial charge on any atom is -0.516 e. The second-order valence-corrected chi connectivity index (χ2v) is 3.44. The molecule has 0 radical (unpaired) electrons. The Hall–Kier alpha value is -0.990. The lowest BCUT2D eigenvalue weighted by Crippen LogP contribution is -1.93. The van der Waals surface area contributed by atoms with Gasteiger partial charge in [-0.1, -0.05) is 31.8 Å². The first-order chi connectivity index (χ1) is 6.77. The predicted molar refractivity (Wildman–Crippen MR) is 56.3 cm³/mol. The molecule has 2 N–H and O–H groups in total. The summed E-state index contributed by atoms with van der Waals surface area (Å²) in [5, 5.41) is 16.7. The van der Waals surface area contributed by atoms with E-state index < -0.39 is 5.97 Å². The Morgan fingerprint density at radius 2 is 1.57 bits per heavy atom. The van der Waals surface area contributed by atoms with E-state index in [1.165, 1.54) is 6.42 Å². The third-order valence-electron chi connectivity index (χ3n) is 2.12. The van der Waals surface area contributed by atoms with E-state index in [9.17, 15) is 4.79 Å². The summed E-state index contributed by atoms with van der Waals surface area (Å²) < 4.78 is 0. The highest BCUT2D eigenvalue weighted by molar-refractivity contribution is 5.66. The lowest BCUT2D eigenvalue weighted by Gasteiger charge is -1.98. The lowest BCUT2D eigenvalue weighted by atomic mass is 10.1. The highest BCUT2D eigenvalue weighted by atomic mass is 16.4. The van der Waals surface area contributed by atoms with E-state index in [-0.39, 0.29) is 0 Å². The number of allylic oxidation sites excluding steroid dienone is 1. The third kappa shape index (κ3) is 11.0. The van der Waals surface area contributed by atoms with E-state index in [0.29, 0.717) is 6.42 Å². The van der Waals surface area contributed by atoms with Crippen LogP contribution in [0.5, 0.6) is 0 Å². The Labute approximate surface area is 85.4 Å². The normalized spacial score (nSPS) is 10.9. The van der Waals surface area contributed by atoms with E-state index in [1.807, 2.05) is 0 Å². The molecule has 14 heavy (non-hydrogen) atoms. The van der Waals surface area contributed by atoms with Crippen LogP contribution >= 0.6 is 0 Å². The quantitative estimate of drug-likeness (QED) is 0.443. The van der Waals surface area contributed by atoms with Gasteiger partial charge < -0.3 is 10.2 Å². The van der Waals surface area contributed by atoms with Gasteiger partial charge in [0.15, 0.2) is 0 Å². The maximum Gasteiger partial charge on any atom is 0.303 e. The van der Waals surface area contributed by atoms with Crippen molar-refractivity contribution in [3.63, 3.8) is 0 Å². The summed E-state index contributed by atoms with van der Waals surface area (Å²) in [7, 11) is 0. The second kappa shape index (κ2) is 10.1. The average molecular weight is 200 g/mol. The van der Waals surface area contributed by atoms with Gasteiger partial charge in [0.05, 0.1) is 6.26 Å². The molecule has 0 aromatic carbocycles. The van der Waals surface area contributed by atoms with E-state index in [4.69, 9.17) is 10.2 Å². The molecule has 0 saturated carbocycles. The van der Waals surface area contributed by atoms with Gasteiger partial charge in [0.1, 0.15) is 0 Å². The Kier molecular flexibility index (Phi) is 9.38. The maximum atomic E-state index is 10.2. The number of aliphatic carboxylic acids is 1. The van der Waals surface area contributed by atoms with Crippen LogP contribution in [0.15, 0.2) is 12.3 Å². The Morgan fingerprint density at radius 3 is 2.14 bits per heavy atom. The SMILES string of the molecule is O=C(O)CCCCCCCCC=CO. The van der Waals surface area contributed by atoms with Crippen molar-refractivity contribution in [1.82, 2.24) is 0 Å². The summed E-state index contributed by atoms with van der Waals surface area (Å²) in [5.74, 6) is -0.696. The monoisotopic (exact) mass is 200 g/mol. The van der Waals surface area contributed by atoms with Crippen LogP contribution in [0.4, 0.5) is 0 Å². The highest BCUT2D eigenvalue weighted by Gasteiger charge is 1.95. The van der Waals surface area contributed by atoms with Crippen molar-refractivity contribution in [3.8, 4) is 0 Å². The number of carboxylic acids is 1. The fourth-order valence-electron chi connectivity index (χ4n) is 1.32. The van der Waals surface area contributed by atoms with Gasteiger partial charge in [0.25, 0.3) is 0 Å². The smallest absolute Gasteiger partial charge is 0.303 e. The Bertz CT molecular complexity index is 164. The van der Waals surface area contributed by atoms with Crippen LogP contribution in [-0.4, -0.2) is 16.2 Å². The Morgan fingerprint density at radius 1 is 1.00 bits per heavy atom. The molecular weight excluding hydrogens is 180 g/mol. The molecule has 0 atom stereocenters. The molecule has 3 heteroatoms. The van der Waals surface area contributed by atoms with E-state index >= 15 is 0 Å². The summed E-state index contributed by atoms with van der Waals surface area (Å²) in [4.78, 5) is 10.2. The number of unbranched alkanes of at least 4 members (excludes halogenated alkanes) is 6. The number of aliphatic hydroxyl groups excluding tert-OH is 1. The molecule has 0 unspecified atom stereocenters. The van der Waals surface area contributed by atoms with Crippen molar-refractivity contribution in [3.05, 3.63) is 12.3 Å². The largest absolute Gasteiger partial charge is 0.516 e. The molecule has 0 amide bonds.